The van der Waals surface area contributed by atoms with Crippen molar-refractivity contribution < 1.29 is 4.79 Å². The lowest BCUT2D eigenvalue weighted by atomic mass is 9.92. The molecular weight excluding hydrogens is 308 g/mol. The molecule has 3 heteroatoms. The monoisotopic (exact) mass is 328 g/mol. The quantitative estimate of drug-likeness (QED) is 0.725. The molecule has 2 heterocycles. The molecule has 1 atom stereocenters. The van der Waals surface area contributed by atoms with Gasteiger partial charge in [0.25, 0.3) is 0 Å². The van der Waals surface area contributed by atoms with Gasteiger partial charge in [0.1, 0.15) is 0 Å². The van der Waals surface area contributed by atoms with E-state index in [0.717, 1.165) is 29.9 Å². The standard InChI is InChI=1S/C22H20N2O/c25-22(24-15-13-18-10-4-5-12-21(18)24)20(17-8-2-1-3-9-17)16-19-11-6-7-14-23-19/h1-12,14,20H,13,15-16H2. The smallest absolute Gasteiger partial charge is 0.234 e. The fraction of sp³-hybridized carbons (Fsp3) is 0.182. The normalized spacial score (nSPS) is 14.2. The predicted octanol–water partition coefficient (Wildman–Crippen LogP) is 4.00. The van der Waals surface area contributed by atoms with Crippen LogP contribution in [0.5, 0.6) is 0 Å². The number of amides is 1. The number of rotatable bonds is 4. The van der Waals surface area contributed by atoms with Crippen molar-refractivity contribution in [3.63, 3.8) is 0 Å². The van der Waals surface area contributed by atoms with Crippen LogP contribution in [0.3, 0.4) is 0 Å². The molecule has 0 N–H and O–H groups in total. The fourth-order valence-electron chi connectivity index (χ4n) is 3.52. The first-order valence-electron chi connectivity index (χ1n) is 8.67. The second-order valence-electron chi connectivity index (χ2n) is 6.36. The fourth-order valence-corrected chi connectivity index (χ4v) is 3.52. The minimum absolute atomic E-state index is 0.154. The molecule has 0 bridgehead atoms. The molecule has 0 saturated heterocycles. The van der Waals surface area contributed by atoms with Gasteiger partial charge in [-0.2, -0.15) is 0 Å². The van der Waals surface area contributed by atoms with Crippen LogP contribution in [0.25, 0.3) is 0 Å². The number of carbonyl (C=O) groups is 1. The van der Waals surface area contributed by atoms with Gasteiger partial charge in [0, 0.05) is 30.5 Å². The number of nitrogens with zero attached hydrogens (tertiary/aromatic N) is 2. The van der Waals surface area contributed by atoms with Crippen LogP contribution in [0.2, 0.25) is 0 Å². The molecule has 0 saturated carbocycles. The largest absolute Gasteiger partial charge is 0.311 e. The average Bonchev–Trinajstić information content (AvgIpc) is 3.11. The van der Waals surface area contributed by atoms with E-state index in [0.29, 0.717) is 6.42 Å². The Hall–Kier alpha value is -2.94. The molecule has 0 radical (unpaired) electrons. The summed E-state index contributed by atoms with van der Waals surface area (Å²) in [6.07, 6.45) is 3.32. The summed E-state index contributed by atoms with van der Waals surface area (Å²) >= 11 is 0. The molecule has 0 spiro atoms. The van der Waals surface area contributed by atoms with E-state index in [1.54, 1.807) is 6.20 Å². The number of aromatic nitrogens is 1. The molecule has 25 heavy (non-hydrogen) atoms. The third-order valence-corrected chi connectivity index (χ3v) is 4.79. The topological polar surface area (TPSA) is 33.2 Å². The Bertz CT molecular complexity index is 861. The molecule has 2 aromatic carbocycles. The summed E-state index contributed by atoms with van der Waals surface area (Å²) in [5, 5.41) is 0. The summed E-state index contributed by atoms with van der Waals surface area (Å²) < 4.78 is 0. The van der Waals surface area contributed by atoms with Crippen LogP contribution in [0.15, 0.2) is 79.0 Å². The lowest BCUT2D eigenvalue weighted by Crippen LogP contribution is -2.34. The van der Waals surface area contributed by atoms with Crippen LogP contribution < -0.4 is 4.90 Å². The molecule has 1 amide bonds. The van der Waals surface area contributed by atoms with Crippen LogP contribution in [0.4, 0.5) is 5.69 Å². The number of hydrogen-bond donors (Lipinski definition) is 0. The molecule has 0 aliphatic carbocycles. The molecule has 3 nitrogen and oxygen atoms in total. The molecule has 1 unspecified atom stereocenters. The van der Waals surface area contributed by atoms with Crippen LogP contribution in [0, 0.1) is 0 Å². The zero-order valence-corrected chi connectivity index (χ0v) is 14.0. The highest BCUT2D eigenvalue weighted by Gasteiger charge is 2.31. The molecule has 1 aliphatic rings. The van der Waals surface area contributed by atoms with E-state index in [4.69, 9.17) is 0 Å². The van der Waals surface area contributed by atoms with Crippen molar-refractivity contribution in [2.24, 2.45) is 0 Å². The highest BCUT2D eigenvalue weighted by molar-refractivity contribution is 5.99. The predicted molar refractivity (Wildman–Crippen MR) is 99.6 cm³/mol. The summed E-state index contributed by atoms with van der Waals surface area (Å²) in [7, 11) is 0. The van der Waals surface area contributed by atoms with Crippen LogP contribution in [-0.4, -0.2) is 17.4 Å². The van der Waals surface area contributed by atoms with E-state index in [9.17, 15) is 4.79 Å². The average molecular weight is 328 g/mol. The molecule has 3 aromatic rings. The molecule has 1 aliphatic heterocycles. The van der Waals surface area contributed by atoms with Crippen LogP contribution >= 0.6 is 0 Å². The second-order valence-corrected chi connectivity index (χ2v) is 6.36. The molecule has 0 fully saturated rings. The van der Waals surface area contributed by atoms with Gasteiger partial charge in [0.2, 0.25) is 5.91 Å². The van der Waals surface area contributed by atoms with E-state index in [2.05, 4.69) is 11.1 Å². The summed E-state index contributed by atoms with van der Waals surface area (Å²) in [6.45, 7) is 0.754. The lowest BCUT2D eigenvalue weighted by Gasteiger charge is -2.24. The van der Waals surface area contributed by atoms with Crippen LogP contribution in [0.1, 0.15) is 22.7 Å². The highest BCUT2D eigenvalue weighted by atomic mass is 16.2. The first-order chi connectivity index (χ1) is 12.3. The number of carbonyl (C=O) groups excluding carboxylic acids is 1. The number of pyridine rings is 1. The third-order valence-electron chi connectivity index (χ3n) is 4.79. The van der Waals surface area contributed by atoms with Gasteiger partial charge in [-0.05, 0) is 35.7 Å². The van der Waals surface area contributed by atoms with E-state index in [-0.39, 0.29) is 11.8 Å². The molecular formula is C22H20N2O. The van der Waals surface area contributed by atoms with Crippen molar-refractivity contribution in [3.8, 4) is 0 Å². The lowest BCUT2D eigenvalue weighted by molar-refractivity contribution is -0.120. The van der Waals surface area contributed by atoms with Crippen molar-refractivity contribution in [1.29, 1.82) is 0 Å². The number of anilines is 1. The number of fused-ring (bicyclic) bond motifs is 1. The minimum atomic E-state index is -0.220. The molecule has 1 aromatic heterocycles. The number of benzene rings is 2. The summed E-state index contributed by atoms with van der Waals surface area (Å²) in [5.41, 5.74) is 4.29. The van der Waals surface area contributed by atoms with Gasteiger partial charge in [-0.1, -0.05) is 54.6 Å². The Balaban J connectivity index is 1.67. The highest BCUT2D eigenvalue weighted by Crippen LogP contribution is 2.32. The maximum atomic E-state index is 13.4. The van der Waals surface area contributed by atoms with Crippen LogP contribution in [-0.2, 0) is 17.6 Å². The Morgan fingerprint density at radius 1 is 0.960 bits per heavy atom. The molecule has 124 valence electrons. The van der Waals surface area contributed by atoms with Gasteiger partial charge in [0.05, 0.1) is 5.92 Å². The maximum Gasteiger partial charge on any atom is 0.234 e. The second kappa shape index (κ2) is 6.89. The Morgan fingerprint density at radius 3 is 2.52 bits per heavy atom. The van der Waals surface area contributed by atoms with Gasteiger partial charge >= 0.3 is 0 Å². The van der Waals surface area contributed by atoms with Crippen molar-refractivity contribution in [2.45, 2.75) is 18.8 Å². The zero-order chi connectivity index (χ0) is 17.1. The summed E-state index contributed by atoms with van der Waals surface area (Å²) in [4.78, 5) is 19.8. The Labute approximate surface area is 148 Å². The number of hydrogen-bond acceptors (Lipinski definition) is 2. The molecule has 4 rings (SSSR count). The number of para-hydroxylation sites is 1. The minimum Gasteiger partial charge on any atom is -0.311 e. The van der Waals surface area contributed by atoms with E-state index >= 15 is 0 Å². The maximum absolute atomic E-state index is 13.4. The Kier molecular flexibility index (Phi) is 4.30. The van der Waals surface area contributed by atoms with E-state index < -0.39 is 0 Å². The first-order valence-corrected chi connectivity index (χ1v) is 8.67. The van der Waals surface area contributed by atoms with Crippen molar-refractivity contribution in [1.82, 2.24) is 4.98 Å². The summed E-state index contributed by atoms with van der Waals surface area (Å²) in [6, 6.07) is 24.1. The Morgan fingerprint density at radius 2 is 1.72 bits per heavy atom. The van der Waals surface area contributed by atoms with Crippen molar-refractivity contribution in [2.75, 3.05) is 11.4 Å². The van der Waals surface area contributed by atoms with Gasteiger partial charge in [-0.15, -0.1) is 0 Å². The van der Waals surface area contributed by atoms with Gasteiger partial charge in [-0.3, -0.25) is 9.78 Å². The van der Waals surface area contributed by atoms with Gasteiger partial charge < -0.3 is 4.90 Å². The van der Waals surface area contributed by atoms with Gasteiger partial charge in [0.15, 0.2) is 0 Å². The van der Waals surface area contributed by atoms with E-state index in [1.807, 2.05) is 71.6 Å². The SMILES string of the molecule is O=C(C(Cc1ccccn1)c1ccccc1)N1CCc2ccccc21. The van der Waals surface area contributed by atoms with Crippen molar-refractivity contribution >= 4 is 11.6 Å². The van der Waals surface area contributed by atoms with E-state index in [1.165, 1.54) is 5.56 Å². The third kappa shape index (κ3) is 3.18. The van der Waals surface area contributed by atoms with Gasteiger partial charge in [-0.25, -0.2) is 0 Å². The van der Waals surface area contributed by atoms with Crippen molar-refractivity contribution in [3.05, 3.63) is 95.8 Å². The first kappa shape index (κ1) is 15.6. The summed E-state index contributed by atoms with van der Waals surface area (Å²) in [5.74, 6) is -0.0657. The zero-order valence-electron chi connectivity index (χ0n) is 14.0.